The van der Waals surface area contributed by atoms with Crippen molar-refractivity contribution in [2.45, 2.75) is 37.7 Å². The number of fused-ring (bicyclic) bond motifs is 2. The van der Waals surface area contributed by atoms with E-state index in [-0.39, 0.29) is 70.0 Å². The number of Topliss-reactive ketones (excluding diaryl/α,β-unsaturated/α-hetero) is 2. The van der Waals surface area contributed by atoms with Crippen molar-refractivity contribution in [3.63, 3.8) is 0 Å². The van der Waals surface area contributed by atoms with E-state index in [4.69, 9.17) is 44.8 Å². The van der Waals surface area contributed by atoms with Crippen LogP contribution < -0.4 is 38.5 Å². The van der Waals surface area contributed by atoms with Gasteiger partial charge in [-0.25, -0.2) is 0 Å². The Bertz CT molecular complexity index is 2120. The first-order valence-corrected chi connectivity index (χ1v) is 17.2. The molecule has 6 rings (SSSR count). The zero-order chi connectivity index (χ0) is 38.2. The molecular formula is C39H41ClN2O11. The third kappa shape index (κ3) is 6.22. The Labute approximate surface area is 311 Å². The van der Waals surface area contributed by atoms with Crippen LogP contribution in [0.5, 0.6) is 40.2 Å². The summed E-state index contributed by atoms with van der Waals surface area (Å²) in [4.78, 5) is 45.7. The number of aliphatic hydroxyl groups is 1. The van der Waals surface area contributed by atoms with E-state index in [9.17, 15) is 19.5 Å². The van der Waals surface area contributed by atoms with Crippen molar-refractivity contribution in [1.29, 1.82) is 0 Å². The Morgan fingerprint density at radius 2 is 1.64 bits per heavy atom. The Kier molecular flexibility index (Phi) is 10.4. The Morgan fingerprint density at radius 1 is 0.962 bits per heavy atom. The van der Waals surface area contributed by atoms with Gasteiger partial charge in [-0.15, -0.1) is 0 Å². The molecule has 1 spiro atoms. The number of aliphatic hydroxyl groups excluding tert-OH is 1. The number of amides is 1. The second-order valence-corrected chi connectivity index (χ2v) is 13.2. The van der Waals surface area contributed by atoms with Crippen molar-refractivity contribution in [3.8, 4) is 40.2 Å². The van der Waals surface area contributed by atoms with E-state index in [1.54, 1.807) is 26.2 Å². The third-order valence-corrected chi connectivity index (χ3v) is 10.4. The molecule has 280 valence electrons. The first kappa shape index (κ1) is 37.2. The number of halogens is 1. The van der Waals surface area contributed by atoms with Crippen molar-refractivity contribution in [2.75, 3.05) is 49.2 Å². The summed E-state index contributed by atoms with van der Waals surface area (Å²) >= 11 is 6.64. The highest BCUT2D eigenvalue weighted by Gasteiger charge is 2.61. The number of ketones is 2. The average Bonchev–Trinajstić information content (AvgIpc) is 3.71. The van der Waals surface area contributed by atoms with Crippen LogP contribution in [-0.4, -0.2) is 82.4 Å². The van der Waals surface area contributed by atoms with Gasteiger partial charge in [0.15, 0.2) is 28.8 Å². The van der Waals surface area contributed by atoms with Gasteiger partial charge in [0, 0.05) is 60.0 Å². The summed E-state index contributed by atoms with van der Waals surface area (Å²) in [5.74, 6) is -2.30. The number of ether oxygens (including phenoxy) is 7. The van der Waals surface area contributed by atoms with Crippen LogP contribution in [-0.2, 0) is 16.0 Å². The number of carbonyl (C=O) groups is 3. The minimum Gasteiger partial charge on any atom is -0.507 e. The molecule has 2 aliphatic rings. The first-order chi connectivity index (χ1) is 25.5. The predicted molar refractivity (Wildman–Crippen MR) is 196 cm³/mol. The molecule has 13 nitrogen and oxygen atoms in total. The molecule has 3 atom stereocenters. The Balaban J connectivity index is 1.42. The zero-order valence-electron chi connectivity index (χ0n) is 30.4. The number of nitrogens with one attached hydrogen (secondary N) is 2. The molecule has 1 aromatic heterocycles. The molecule has 0 saturated carbocycles. The largest absolute Gasteiger partial charge is 0.507 e. The molecule has 1 amide bonds. The van der Waals surface area contributed by atoms with E-state index < -0.39 is 40.7 Å². The van der Waals surface area contributed by atoms with Gasteiger partial charge in [-0.3, -0.25) is 14.4 Å². The number of allylic oxidation sites excluding steroid dienone is 1. The molecule has 0 radical (unpaired) electrons. The summed E-state index contributed by atoms with van der Waals surface area (Å²) in [6.07, 6.45) is 1.89. The lowest BCUT2D eigenvalue weighted by molar-refractivity contribution is -0.121. The molecular weight excluding hydrogens is 708 g/mol. The highest BCUT2D eigenvalue weighted by Crippen LogP contribution is 2.56. The smallest absolute Gasteiger partial charge is 0.231 e. The highest BCUT2D eigenvalue weighted by molar-refractivity contribution is 6.35. The molecule has 0 bridgehead atoms. The molecule has 3 aromatic carbocycles. The monoisotopic (exact) mass is 748 g/mol. The van der Waals surface area contributed by atoms with Crippen molar-refractivity contribution >= 4 is 40.0 Å². The molecule has 0 fully saturated rings. The average molecular weight is 749 g/mol. The number of aromatic amines is 1. The first-order valence-electron chi connectivity index (χ1n) is 16.8. The van der Waals surface area contributed by atoms with E-state index >= 15 is 0 Å². The normalized spacial score (nSPS) is 18.5. The van der Waals surface area contributed by atoms with Gasteiger partial charge in [-0.2, -0.15) is 0 Å². The predicted octanol–water partition coefficient (Wildman–Crippen LogP) is 6.14. The molecule has 2 heterocycles. The lowest BCUT2D eigenvalue weighted by atomic mass is 9.69. The number of rotatable bonds is 13. The summed E-state index contributed by atoms with van der Waals surface area (Å²) in [5.41, 5.74) is 0.0705. The number of H-pyrrole nitrogens is 1. The van der Waals surface area contributed by atoms with E-state index in [0.29, 0.717) is 17.7 Å². The van der Waals surface area contributed by atoms with Gasteiger partial charge in [-0.1, -0.05) is 18.5 Å². The van der Waals surface area contributed by atoms with Crippen LogP contribution in [0.2, 0.25) is 5.02 Å². The maximum Gasteiger partial charge on any atom is 0.231 e. The number of hydrogen-bond donors (Lipinski definition) is 3. The second kappa shape index (κ2) is 14.8. The molecule has 53 heavy (non-hydrogen) atoms. The summed E-state index contributed by atoms with van der Waals surface area (Å²) in [6.45, 7) is 1.90. The standard InChI is InChI=1S/C39H41ClN2O11/c1-19-12-26(43)32(37(45)39(19)38(46)33-27(48-3)17-28(49-4)34(40)36(33)53-39)24(21-13-29(50-5)35(52-7)30(14-21)51-6)16-31(44)41-11-10-20-18-42-25-9-8-22(47-2)15-23(20)25/h8-9,13-15,17-19,24,42,45H,10-12,16H2,1-7H3,(H,41,44). The van der Waals surface area contributed by atoms with Crippen LogP contribution in [0.1, 0.15) is 47.2 Å². The van der Waals surface area contributed by atoms with E-state index in [2.05, 4.69) is 10.3 Å². The summed E-state index contributed by atoms with van der Waals surface area (Å²) in [5, 5.41) is 16.2. The molecule has 0 saturated heterocycles. The Morgan fingerprint density at radius 3 is 2.26 bits per heavy atom. The zero-order valence-corrected chi connectivity index (χ0v) is 31.2. The number of aromatic nitrogens is 1. The van der Waals surface area contributed by atoms with E-state index in [1.807, 2.05) is 24.4 Å². The van der Waals surface area contributed by atoms with Crippen LogP contribution in [0.4, 0.5) is 0 Å². The summed E-state index contributed by atoms with van der Waals surface area (Å²) in [7, 11) is 8.72. The van der Waals surface area contributed by atoms with Gasteiger partial charge >= 0.3 is 0 Å². The number of carbonyl (C=O) groups excluding carboxylic acids is 3. The second-order valence-electron chi connectivity index (χ2n) is 12.8. The van der Waals surface area contributed by atoms with Gasteiger partial charge in [0.05, 0.1) is 42.7 Å². The number of benzene rings is 3. The fourth-order valence-electron chi connectivity index (χ4n) is 7.31. The van der Waals surface area contributed by atoms with Crippen molar-refractivity contribution in [2.24, 2.45) is 5.92 Å². The van der Waals surface area contributed by atoms with Crippen LogP contribution >= 0.6 is 11.6 Å². The van der Waals surface area contributed by atoms with Crippen LogP contribution in [0, 0.1) is 5.92 Å². The molecule has 1 aliphatic heterocycles. The molecule has 14 heteroatoms. The van der Waals surface area contributed by atoms with Crippen molar-refractivity contribution < 1.29 is 52.6 Å². The van der Waals surface area contributed by atoms with Crippen LogP contribution in [0.25, 0.3) is 10.9 Å². The van der Waals surface area contributed by atoms with Gasteiger partial charge in [0.1, 0.15) is 27.8 Å². The summed E-state index contributed by atoms with van der Waals surface area (Å²) < 4.78 is 39.4. The Hall–Kier alpha value is -5.56. The lowest BCUT2D eigenvalue weighted by Gasteiger charge is -2.38. The summed E-state index contributed by atoms with van der Waals surface area (Å²) in [6, 6.07) is 10.4. The highest BCUT2D eigenvalue weighted by atomic mass is 35.5. The van der Waals surface area contributed by atoms with E-state index in [0.717, 1.165) is 16.5 Å². The third-order valence-electron chi connectivity index (χ3n) is 10.0. The van der Waals surface area contributed by atoms with Gasteiger partial charge in [0.25, 0.3) is 0 Å². The molecule has 4 aromatic rings. The number of methoxy groups -OCH3 is 6. The lowest BCUT2D eigenvalue weighted by Crippen LogP contribution is -2.53. The van der Waals surface area contributed by atoms with Crippen LogP contribution in [0.3, 0.4) is 0 Å². The topological polar surface area (TPSA) is 164 Å². The van der Waals surface area contributed by atoms with Crippen molar-refractivity contribution in [1.82, 2.24) is 10.3 Å². The van der Waals surface area contributed by atoms with Gasteiger partial charge in [-0.05, 0) is 47.9 Å². The maximum atomic E-state index is 14.5. The number of hydrogen-bond acceptors (Lipinski definition) is 11. The maximum absolute atomic E-state index is 14.5. The minimum absolute atomic E-state index is 0.00109. The molecule has 1 aliphatic carbocycles. The van der Waals surface area contributed by atoms with Gasteiger partial charge in [0.2, 0.25) is 23.0 Å². The molecule has 3 N–H and O–H groups in total. The van der Waals surface area contributed by atoms with Crippen LogP contribution in [0.15, 0.2) is 53.9 Å². The fourth-order valence-corrected chi connectivity index (χ4v) is 7.58. The van der Waals surface area contributed by atoms with Crippen molar-refractivity contribution in [3.05, 3.63) is 75.6 Å². The quantitative estimate of drug-likeness (QED) is 0.144. The molecule has 3 unspecified atom stereocenters. The SMILES string of the molecule is COc1ccc2[nH]cc(CCNC(=O)CC(C3=C(O)C4(Oc5c(Cl)c(OC)cc(OC)c5C4=O)C(C)CC3=O)c3cc(OC)c(OC)c(OC)c3)c2c1. The fraction of sp³-hybridized carbons (Fsp3) is 0.359. The van der Waals surface area contributed by atoms with Gasteiger partial charge < -0.3 is 48.6 Å². The van der Waals surface area contributed by atoms with E-state index in [1.165, 1.54) is 41.6 Å². The minimum atomic E-state index is -2.05.